The Morgan fingerprint density at radius 2 is 1.59 bits per heavy atom. The van der Waals surface area contributed by atoms with Crippen LogP contribution in [0.2, 0.25) is 0 Å². The highest BCUT2D eigenvalue weighted by Crippen LogP contribution is 2.25. The molecular weight excluding hydrogens is 418 g/mol. The van der Waals surface area contributed by atoms with Gasteiger partial charge in [-0.2, -0.15) is 5.01 Å². The number of nitro benzene ring substituents is 1. The van der Waals surface area contributed by atoms with E-state index in [-0.39, 0.29) is 5.56 Å². The number of carbonyl (C=O) groups excluding carboxylic acids is 2. The number of fused-ring (bicyclic) bond motifs is 1. The number of imide groups is 1. The van der Waals surface area contributed by atoms with Crippen LogP contribution in [0.1, 0.15) is 31.1 Å². The zero-order chi connectivity index (χ0) is 22.8. The van der Waals surface area contributed by atoms with Crippen molar-refractivity contribution in [1.29, 1.82) is 0 Å². The van der Waals surface area contributed by atoms with Gasteiger partial charge in [0.2, 0.25) is 0 Å². The van der Waals surface area contributed by atoms with Gasteiger partial charge >= 0.3 is 5.97 Å². The Morgan fingerprint density at radius 1 is 0.906 bits per heavy atom. The van der Waals surface area contributed by atoms with E-state index in [2.05, 4.69) is 10.2 Å². The van der Waals surface area contributed by atoms with Gasteiger partial charge < -0.3 is 5.11 Å². The van der Waals surface area contributed by atoms with Crippen LogP contribution in [-0.2, 0) is 0 Å². The standard InChI is InChI=1S/C21H13N5O6/c27-19(15-9-8-13-4-1-2-5-14(13)10-15)25(24-11-22-23-12-24)20(28)18-16(21(29)30)6-3-7-17(18)26(31)32/h1-12H,(H,29,30). The van der Waals surface area contributed by atoms with Gasteiger partial charge in [0, 0.05) is 11.6 Å². The Labute approximate surface area is 179 Å². The summed E-state index contributed by atoms with van der Waals surface area (Å²) in [5, 5.41) is 30.3. The van der Waals surface area contributed by atoms with Crippen molar-refractivity contribution in [2.24, 2.45) is 0 Å². The number of amides is 2. The summed E-state index contributed by atoms with van der Waals surface area (Å²) in [7, 11) is 0. The van der Waals surface area contributed by atoms with Crippen molar-refractivity contribution in [2.75, 3.05) is 5.01 Å². The van der Waals surface area contributed by atoms with Crippen LogP contribution in [0.5, 0.6) is 0 Å². The van der Waals surface area contributed by atoms with Crippen LogP contribution in [0.4, 0.5) is 5.69 Å². The maximum Gasteiger partial charge on any atom is 0.336 e. The summed E-state index contributed by atoms with van der Waals surface area (Å²) >= 11 is 0. The first kappa shape index (κ1) is 20.3. The van der Waals surface area contributed by atoms with Crippen molar-refractivity contribution in [1.82, 2.24) is 14.9 Å². The molecule has 0 unspecified atom stereocenters. The third kappa shape index (κ3) is 3.54. The summed E-state index contributed by atoms with van der Waals surface area (Å²) in [6.45, 7) is 0. The fourth-order valence-corrected chi connectivity index (χ4v) is 3.25. The molecule has 0 aliphatic rings. The molecule has 0 spiro atoms. The van der Waals surface area contributed by atoms with E-state index in [1.54, 1.807) is 24.3 Å². The topological polar surface area (TPSA) is 149 Å². The van der Waals surface area contributed by atoms with Gasteiger partial charge in [-0.1, -0.05) is 36.4 Å². The molecule has 0 radical (unpaired) electrons. The predicted octanol–water partition coefficient (Wildman–Crippen LogP) is 2.66. The molecule has 4 aromatic rings. The summed E-state index contributed by atoms with van der Waals surface area (Å²) in [5.74, 6) is -3.62. The van der Waals surface area contributed by atoms with Crippen molar-refractivity contribution in [2.45, 2.75) is 0 Å². The third-order valence-corrected chi connectivity index (χ3v) is 4.70. The Kier molecular flexibility index (Phi) is 5.13. The largest absolute Gasteiger partial charge is 0.478 e. The molecule has 0 aliphatic carbocycles. The van der Waals surface area contributed by atoms with Crippen LogP contribution in [-0.4, -0.2) is 42.7 Å². The van der Waals surface area contributed by atoms with E-state index < -0.39 is 39.5 Å². The molecule has 4 rings (SSSR count). The third-order valence-electron chi connectivity index (χ3n) is 4.70. The number of nitro groups is 1. The van der Waals surface area contributed by atoms with Crippen LogP contribution in [0.3, 0.4) is 0 Å². The minimum absolute atomic E-state index is 0.0983. The molecule has 158 valence electrons. The molecule has 0 saturated heterocycles. The minimum atomic E-state index is -1.56. The van der Waals surface area contributed by atoms with E-state index in [0.29, 0.717) is 5.01 Å². The molecule has 1 N–H and O–H groups in total. The van der Waals surface area contributed by atoms with Crippen molar-refractivity contribution in [3.8, 4) is 0 Å². The number of aromatic nitrogens is 3. The normalized spacial score (nSPS) is 10.6. The summed E-state index contributed by atoms with van der Waals surface area (Å²) in [4.78, 5) is 49.1. The first-order chi connectivity index (χ1) is 15.4. The van der Waals surface area contributed by atoms with E-state index in [1.165, 1.54) is 6.07 Å². The maximum atomic E-state index is 13.4. The quantitative estimate of drug-likeness (QED) is 0.288. The summed E-state index contributed by atoms with van der Waals surface area (Å²) in [5.41, 5.74) is -2.01. The van der Waals surface area contributed by atoms with Crippen molar-refractivity contribution >= 4 is 34.2 Å². The zero-order valence-electron chi connectivity index (χ0n) is 16.2. The van der Waals surface area contributed by atoms with Crippen molar-refractivity contribution < 1.29 is 24.4 Å². The molecule has 0 aliphatic heterocycles. The summed E-state index contributed by atoms with van der Waals surface area (Å²) < 4.78 is 0.933. The lowest BCUT2D eigenvalue weighted by Gasteiger charge is -2.21. The molecule has 2 amide bonds. The molecule has 1 aromatic heterocycles. The number of carbonyl (C=O) groups is 3. The van der Waals surface area contributed by atoms with Gasteiger partial charge in [-0.15, -0.1) is 10.2 Å². The monoisotopic (exact) mass is 431 g/mol. The Bertz CT molecular complexity index is 1350. The number of carboxylic acids is 1. The first-order valence-electron chi connectivity index (χ1n) is 9.11. The van der Waals surface area contributed by atoms with E-state index >= 15 is 0 Å². The van der Waals surface area contributed by atoms with Gasteiger partial charge in [0.25, 0.3) is 17.5 Å². The molecular formula is C21H13N5O6. The number of carboxylic acid groups (broad SMARTS) is 1. The molecule has 3 aromatic carbocycles. The van der Waals surface area contributed by atoms with E-state index in [9.17, 15) is 29.6 Å². The zero-order valence-corrected chi connectivity index (χ0v) is 16.2. The second-order valence-corrected chi connectivity index (χ2v) is 6.59. The van der Waals surface area contributed by atoms with E-state index in [0.717, 1.165) is 46.3 Å². The van der Waals surface area contributed by atoms with E-state index in [4.69, 9.17) is 0 Å². The second-order valence-electron chi connectivity index (χ2n) is 6.59. The lowest BCUT2D eigenvalue weighted by molar-refractivity contribution is -0.385. The van der Waals surface area contributed by atoms with Gasteiger partial charge in [-0.25, -0.2) is 9.47 Å². The molecule has 0 atom stereocenters. The first-order valence-corrected chi connectivity index (χ1v) is 9.11. The lowest BCUT2D eigenvalue weighted by atomic mass is 10.0. The molecule has 0 fully saturated rings. The molecule has 0 saturated carbocycles. The van der Waals surface area contributed by atoms with Crippen LogP contribution in [0.15, 0.2) is 73.3 Å². The van der Waals surface area contributed by atoms with Crippen LogP contribution < -0.4 is 5.01 Å². The highest BCUT2D eigenvalue weighted by molar-refractivity contribution is 6.24. The van der Waals surface area contributed by atoms with Crippen LogP contribution in [0, 0.1) is 10.1 Å². The highest BCUT2D eigenvalue weighted by Gasteiger charge is 2.35. The average Bonchev–Trinajstić information content (AvgIpc) is 3.32. The molecule has 11 nitrogen and oxygen atoms in total. The maximum absolute atomic E-state index is 13.4. The van der Waals surface area contributed by atoms with Gasteiger partial charge in [-0.3, -0.25) is 19.7 Å². The number of hydrogen-bond acceptors (Lipinski definition) is 7. The Hall–Kier alpha value is -4.93. The van der Waals surface area contributed by atoms with Gasteiger partial charge in [-0.05, 0) is 29.0 Å². The second kappa shape index (κ2) is 8.07. The van der Waals surface area contributed by atoms with Gasteiger partial charge in [0.05, 0.1) is 10.5 Å². The molecule has 1 heterocycles. The highest BCUT2D eigenvalue weighted by atomic mass is 16.6. The van der Waals surface area contributed by atoms with Gasteiger partial charge in [0.1, 0.15) is 18.2 Å². The number of nitrogens with zero attached hydrogens (tertiary/aromatic N) is 5. The van der Waals surface area contributed by atoms with Crippen LogP contribution >= 0.6 is 0 Å². The minimum Gasteiger partial charge on any atom is -0.478 e. The van der Waals surface area contributed by atoms with Crippen LogP contribution in [0.25, 0.3) is 10.8 Å². The van der Waals surface area contributed by atoms with Gasteiger partial charge in [0.15, 0.2) is 0 Å². The van der Waals surface area contributed by atoms with Crippen molar-refractivity contribution in [3.63, 3.8) is 0 Å². The fourth-order valence-electron chi connectivity index (χ4n) is 3.25. The number of rotatable bonds is 5. The summed E-state index contributed by atoms with van der Waals surface area (Å²) in [6.07, 6.45) is 2.10. The number of aromatic carboxylic acids is 1. The Morgan fingerprint density at radius 3 is 2.25 bits per heavy atom. The predicted molar refractivity (Wildman–Crippen MR) is 111 cm³/mol. The lowest BCUT2D eigenvalue weighted by Crippen LogP contribution is -2.45. The summed E-state index contributed by atoms with van der Waals surface area (Å²) in [6, 6.07) is 15.2. The SMILES string of the molecule is O=C(O)c1cccc([N+](=O)[O-])c1C(=O)N(C(=O)c1ccc2ccccc2c1)n1cnnc1. The number of hydrogen-bond donors (Lipinski definition) is 1. The van der Waals surface area contributed by atoms with Crippen molar-refractivity contribution in [3.05, 3.63) is 100 Å². The molecule has 32 heavy (non-hydrogen) atoms. The van der Waals surface area contributed by atoms with E-state index in [1.807, 2.05) is 12.1 Å². The smallest absolute Gasteiger partial charge is 0.336 e. The molecule has 11 heteroatoms. The fraction of sp³-hybridized carbons (Fsp3) is 0. The Balaban J connectivity index is 1.88. The molecule has 0 bridgehead atoms. The number of benzene rings is 3. The average molecular weight is 431 g/mol.